The van der Waals surface area contributed by atoms with Gasteiger partial charge in [-0.2, -0.15) is 0 Å². The standard InChI is InChI=1S/C13H19NO2/c1-10(8-15)9-16-12-5-4-11-3-2-6-14-13(11)7-12/h4-5,7,10,14-15H,2-3,6,8-9H2,1H3. The molecule has 1 aromatic carbocycles. The zero-order chi connectivity index (χ0) is 11.4. The van der Waals surface area contributed by atoms with Crippen LogP contribution < -0.4 is 10.1 Å². The Morgan fingerprint density at radius 3 is 3.19 bits per heavy atom. The van der Waals surface area contributed by atoms with Crippen LogP contribution in [0.2, 0.25) is 0 Å². The first-order valence-electron chi connectivity index (χ1n) is 5.90. The Morgan fingerprint density at radius 2 is 2.38 bits per heavy atom. The van der Waals surface area contributed by atoms with Gasteiger partial charge in [0, 0.05) is 30.8 Å². The molecule has 0 saturated carbocycles. The van der Waals surface area contributed by atoms with Gasteiger partial charge in [-0.3, -0.25) is 0 Å². The Morgan fingerprint density at radius 1 is 1.50 bits per heavy atom. The summed E-state index contributed by atoms with van der Waals surface area (Å²) < 4.78 is 5.62. The van der Waals surface area contributed by atoms with Crippen LogP contribution in [0.3, 0.4) is 0 Å². The van der Waals surface area contributed by atoms with Gasteiger partial charge in [0.2, 0.25) is 0 Å². The highest BCUT2D eigenvalue weighted by atomic mass is 16.5. The SMILES string of the molecule is CC(CO)COc1ccc2c(c1)NCCC2. The van der Waals surface area contributed by atoms with Crippen molar-refractivity contribution in [1.29, 1.82) is 0 Å². The quantitative estimate of drug-likeness (QED) is 0.817. The van der Waals surface area contributed by atoms with E-state index in [0.717, 1.165) is 18.7 Å². The number of hydrogen-bond acceptors (Lipinski definition) is 3. The van der Waals surface area contributed by atoms with Crippen molar-refractivity contribution in [2.24, 2.45) is 5.92 Å². The minimum Gasteiger partial charge on any atom is -0.493 e. The molecular formula is C13H19NO2. The van der Waals surface area contributed by atoms with Crippen LogP contribution in [0.5, 0.6) is 5.75 Å². The van der Waals surface area contributed by atoms with Gasteiger partial charge in [0.25, 0.3) is 0 Å². The van der Waals surface area contributed by atoms with Gasteiger partial charge in [0.05, 0.1) is 6.61 Å². The van der Waals surface area contributed by atoms with E-state index in [9.17, 15) is 0 Å². The molecule has 0 amide bonds. The number of benzene rings is 1. The second kappa shape index (κ2) is 5.21. The van der Waals surface area contributed by atoms with Crippen LogP contribution in [0.15, 0.2) is 18.2 Å². The van der Waals surface area contributed by atoms with E-state index in [1.54, 1.807) is 0 Å². The molecule has 1 heterocycles. The van der Waals surface area contributed by atoms with Gasteiger partial charge in [-0.1, -0.05) is 13.0 Å². The number of fused-ring (bicyclic) bond motifs is 1. The molecule has 0 radical (unpaired) electrons. The molecule has 0 fully saturated rings. The van der Waals surface area contributed by atoms with Crippen molar-refractivity contribution in [3.8, 4) is 5.75 Å². The average Bonchev–Trinajstić information content (AvgIpc) is 2.35. The molecule has 3 heteroatoms. The van der Waals surface area contributed by atoms with Crippen LogP contribution >= 0.6 is 0 Å². The lowest BCUT2D eigenvalue weighted by Crippen LogP contribution is -2.14. The third-order valence-electron chi connectivity index (χ3n) is 2.87. The van der Waals surface area contributed by atoms with Crippen LogP contribution in [0.25, 0.3) is 0 Å². The highest BCUT2D eigenvalue weighted by molar-refractivity contribution is 5.56. The second-order valence-corrected chi connectivity index (χ2v) is 4.45. The Hall–Kier alpha value is -1.22. The fraction of sp³-hybridized carbons (Fsp3) is 0.538. The van der Waals surface area contributed by atoms with E-state index in [-0.39, 0.29) is 12.5 Å². The predicted molar refractivity (Wildman–Crippen MR) is 65.0 cm³/mol. The maximum atomic E-state index is 8.91. The number of aliphatic hydroxyl groups excluding tert-OH is 1. The molecule has 2 rings (SSSR count). The summed E-state index contributed by atoms with van der Waals surface area (Å²) in [5, 5.41) is 12.3. The summed E-state index contributed by atoms with van der Waals surface area (Å²) in [6, 6.07) is 6.19. The first-order chi connectivity index (χ1) is 7.79. The van der Waals surface area contributed by atoms with Crippen molar-refractivity contribution in [2.45, 2.75) is 19.8 Å². The lowest BCUT2D eigenvalue weighted by molar-refractivity contribution is 0.174. The predicted octanol–water partition coefficient (Wildman–Crippen LogP) is 2.05. The van der Waals surface area contributed by atoms with Gasteiger partial charge in [0.15, 0.2) is 0 Å². The molecule has 1 atom stereocenters. The van der Waals surface area contributed by atoms with Crippen LogP contribution in [0, 0.1) is 5.92 Å². The minimum atomic E-state index is 0.170. The van der Waals surface area contributed by atoms with Gasteiger partial charge < -0.3 is 15.2 Å². The van der Waals surface area contributed by atoms with Gasteiger partial charge in [-0.15, -0.1) is 0 Å². The smallest absolute Gasteiger partial charge is 0.121 e. The molecule has 1 aromatic rings. The van der Waals surface area contributed by atoms with Gasteiger partial charge >= 0.3 is 0 Å². The zero-order valence-corrected chi connectivity index (χ0v) is 9.70. The van der Waals surface area contributed by atoms with E-state index < -0.39 is 0 Å². The number of nitrogens with one attached hydrogen (secondary N) is 1. The van der Waals surface area contributed by atoms with E-state index >= 15 is 0 Å². The highest BCUT2D eigenvalue weighted by Gasteiger charge is 2.09. The number of aliphatic hydroxyl groups is 1. The molecule has 16 heavy (non-hydrogen) atoms. The van der Waals surface area contributed by atoms with Crippen LogP contribution in [-0.4, -0.2) is 24.9 Å². The topological polar surface area (TPSA) is 41.5 Å². The lowest BCUT2D eigenvalue weighted by Gasteiger charge is -2.19. The second-order valence-electron chi connectivity index (χ2n) is 4.45. The number of ether oxygens (including phenoxy) is 1. The summed E-state index contributed by atoms with van der Waals surface area (Å²) in [4.78, 5) is 0. The highest BCUT2D eigenvalue weighted by Crippen LogP contribution is 2.26. The molecule has 2 N–H and O–H groups in total. The normalized spacial score (nSPS) is 16.1. The van der Waals surface area contributed by atoms with E-state index in [4.69, 9.17) is 9.84 Å². The van der Waals surface area contributed by atoms with Crippen molar-refractivity contribution < 1.29 is 9.84 Å². The molecular weight excluding hydrogens is 202 g/mol. The van der Waals surface area contributed by atoms with Crippen LogP contribution in [-0.2, 0) is 6.42 Å². The first kappa shape index (κ1) is 11.3. The monoisotopic (exact) mass is 221 g/mol. The number of rotatable bonds is 4. The first-order valence-corrected chi connectivity index (χ1v) is 5.90. The van der Waals surface area contributed by atoms with Crippen molar-refractivity contribution in [3.63, 3.8) is 0 Å². The number of hydrogen-bond donors (Lipinski definition) is 2. The number of anilines is 1. The molecule has 0 spiro atoms. The molecule has 88 valence electrons. The Labute approximate surface area is 96.4 Å². The fourth-order valence-electron chi connectivity index (χ4n) is 1.82. The minimum absolute atomic E-state index is 0.170. The van der Waals surface area contributed by atoms with E-state index in [2.05, 4.69) is 17.4 Å². The summed E-state index contributed by atoms with van der Waals surface area (Å²) in [5.41, 5.74) is 2.56. The Bertz CT molecular complexity index is 352. The molecule has 0 aromatic heterocycles. The summed E-state index contributed by atoms with van der Waals surface area (Å²) in [5.74, 6) is 1.07. The average molecular weight is 221 g/mol. The lowest BCUT2D eigenvalue weighted by atomic mass is 10.0. The van der Waals surface area contributed by atoms with Crippen molar-refractivity contribution >= 4 is 5.69 Å². The fourth-order valence-corrected chi connectivity index (χ4v) is 1.82. The van der Waals surface area contributed by atoms with Gasteiger partial charge in [-0.25, -0.2) is 0 Å². The summed E-state index contributed by atoms with van der Waals surface area (Å²) >= 11 is 0. The molecule has 1 aliphatic rings. The van der Waals surface area contributed by atoms with Crippen LogP contribution in [0.4, 0.5) is 5.69 Å². The molecule has 3 nitrogen and oxygen atoms in total. The zero-order valence-electron chi connectivity index (χ0n) is 9.70. The maximum Gasteiger partial charge on any atom is 0.121 e. The molecule has 0 aliphatic carbocycles. The van der Waals surface area contributed by atoms with E-state index in [0.29, 0.717) is 6.61 Å². The Kier molecular flexibility index (Phi) is 3.67. The summed E-state index contributed by atoms with van der Waals surface area (Å²) in [6.45, 7) is 3.75. The summed E-state index contributed by atoms with van der Waals surface area (Å²) in [7, 11) is 0. The van der Waals surface area contributed by atoms with Crippen molar-refractivity contribution in [2.75, 3.05) is 25.1 Å². The molecule has 1 aliphatic heterocycles. The van der Waals surface area contributed by atoms with Crippen molar-refractivity contribution in [3.05, 3.63) is 23.8 Å². The van der Waals surface area contributed by atoms with E-state index in [1.807, 2.05) is 13.0 Å². The van der Waals surface area contributed by atoms with Gasteiger partial charge in [-0.05, 0) is 24.5 Å². The van der Waals surface area contributed by atoms with Gasteiger partial charge in [0.1, 0.15) is 5.75 Å². The van der Waals surface area contributed by atoms with Crippen LogP contribution in [0.1, 0.15) is 18.9 Å². The molecule has 1 unspecified atom stereocenters. The van der Waals surface area contributed by atoms with Crippen molar-refractivity contribution in [1.82, 2.24) is 0 Å². The molecule has 0 bridgehead atoms. The third-order valence-corrected chi connectivity index (χ3v) is 2.87. The van der Waals surface area contributed by atoms with E-state index in [1.165, 1.54) is 17.7 Å². The maximum absolute atomic E-state index is 8.91. The molecule has 0 saturated heterocycles. The number of aryl methyl sites for hydroxylation is 1. The third kappa shape index (κ3) is 2.67. The Balaban J connectivity index is 2.00. The largest absolute Gasteiger partial charge is 0.493 e. The summed E-state index contributed by atoms with van der Waals surface area (Å²) in [6.07, 6.45) is 2.35.